The van der Waals surface area contributed by atoms with Gasteiger partial charge in [0.15, 0.2) is 0 Å². The van der Waals surface area contributed by atoms with E-state index >= 15 is 0 Å². The fourth-order valence-corrected chi connectivity index (χ4v) is 3.12. The number of benzene rings is 1. The molecule has 1 aliphatic heterocycles. The van der Waals surface area contributed by atoms with Crippen molar-refractivity contribution in [3.8, 4) is 5.75 Å². The molecule has 0 aromatic heterocycles. The van der Waals surface area contributed by atoms with Gasteiger partial charge in [0.25, 0.3) is 0 Å². The number of ether oxygens (including phenoxy) is 2. The van der Waals surface area contributed by atoms with Gasteiger partial charge in [-0.1, -0.05) is 18.2 Å². The van der Waals surface area contributed by atoms with Crippen molar-refractivity contribution < 1.29 is 14.3 Å². The number of methoxy groups -OCH3 is 1. The van der Waals surface area contributed by atoms with Gasteiger partial charge < -0.3 is 19.7 Å². The van der Waals surface area contributed by atoms with Crippen molar-refractivity contribution in [1.29, 1.82) is 0 Å². The maximum atomic E-state index is 12.9. The average molecular weight is 357 g/mol. The molecule has 1 N–H and O–H groups in total. The third-order valence-electron chi connectivity index (χ3n) is 4.56. The first-order valence-corrected chi connectivity index (χ1v) is 8.23. The van der Waals surface area contributed by atoms with Crippen molar-refractivity contribution in [3.05, 3.63) is 29.8 Å². The highest BCUT2D eigenvalue weighted by atomic mass is 35.5. The van der Waals surface area contributed by atoms with Crippen molar-refractivity contribution in [2.45, 2.75) is 19.8 Å². The van der Waals surface area contributed by atoms with E-state index in [0.29, 0.717) is 19.8 Å². The summed E-state index contributed by atoms with van der Waals surface area (Å²) >= 11 is 0. The van der Waals surface area contributed by atoms with E-state index in [1.54, 1.807) is 12.0 Å². The molecule has 1 aromatic carbocycles. The van der Waals surface area contributed by atoms with Crippen molar-refractivity contribution in [3.63, 3.8) is 0 Å². The van der Waals surface area contributed by atoms with Crippen LogP contribution in [0.25, 0.3) is 0 Å². The Kier molecular flexibility index (Phi) is 8.53. The van der Waals surface area contributed by atoms with Crippen LogP contribution in [0.2, 0.25) is 0 Å². The molecule has 0 aliphatic carbocycles. The first-order valence-electron chi connectivity index (χ1n) is 8.23. The van der Waals surface area contributed by atoms with Gasteiger partial charge >= 0.3 is 0 Å². The molecule has 0 unspecified atom stereocenters. The SMILES string of the molecule is COCC1(C(=O)N(C)CCOc2ccccc2C)CCNCC1.Cl. The van der Waals surface area contributed by atoms with Crippen LogP contribution in [0.1, 0.15) is 18.4 Å². The lowest BCUT2D eigenvalue weighted by atomic mass is 9.78. The predicted octanol–water partition coefficient (Wildman–Crippen LogP) is 2.27. The van der Waals surface area contributed by atoms with E-state index in [-0.39, 0.29) is 18.3 Å². The average Bonchev–Trinajstić information content (AvgIpc) is 2.57. The molecule has 0 bridgehead atoms. The van der Waals surface area contributed by atoms with E-state index in [0.717, 1.165) is 37.2 Å². The van der Waals surface area contributed by atoms with Crippen LogP contribution in [0.15, 0.2) is 24.3 Å². The van der Waals surface area contributed by atoms with E-state index < -0.39 is 5.41 Å². The Bertz CT molecular complexity index is 513. The summed E-state index contributed by atoms with van der Waals surface area (Å²) in [6.07, 6.45) is 1.64. The summed E-state index contributed by atoms with van der Waals surface area (Å²) in [5.41, 5.74) is 0.716. The second-order valence-corrected chi connectivity index (χ2v) is 6.30. The summed E-state index contributed by atoms with van der Waals surface area (Å²) in [4.78, 5) is 14.7. The van der Waals surface area contributed by atoms with E-state index in [4.69, 9.17) is 9.47 Å². The number of nitrogens with zero attached hydrogens (tertiary/aromatic N) is 1. The van der Waals surface area contributed by atoms with Crippen molar-refractivity contribution >= 4 is 18.3 Å². The molecule has 2 rings (SSSR count). The molecule has 5 nitrogen and oxygen atoms in total. The standard InChI is InChI=1S/C18H28N2O3.ClH/c1-15-6-4-5-7-16(15)23-13-12-20(2)17(21)18(14-22-3)8-10-19-11-9-18;/h4-7,19H,8-14H2,1-3H3;1H. The van der Waals surface area contributed by atoms with Crippen LogP contribution >= 0.6 is 12.4 Å². The largest absolute Gasteiger partial charge is 0.491 e. The zero-order valence-electron chi connectivity index (χ0n) is 14.8. The minimum atomic E-state index is -0.391. The summed E-state index contributed by atoms with van der Waals surface area (Å²) in [5.74, 6) is 1.04. The number of para-hydroxylation sites is 1. The number of hydrogen-bond donors (Lipinski definition) is 1. The number of rotatable bonds is 7. The van der Waals surface area contributed by atoms with E-state index in [2.05, 4.69) is 5.32 Å². The Morgan fingerprint density at radius 1 is 1.29 bits per heavy atom. The fraction of sp³-hybridized carbons (Fsp3) is 0.611. The summed E-state index contributed by atoms with van der Waals surface area (Å²) in [5, 5.41) is 3.31. The molecule has 1 amide bonds. The van der Waals surface area contributed by atoms with Crippen molar-refractivity contribution in [2.75, 3.05) is 47.0 Å². The zero-order valence-corrected chi connectivity index (χ0v) is 15.7. The minimum absolute atomic E-state index is 0. The molecule has 0 spiro atoms. The molecule has 0 atom stereocenters. The third kappa shape index (κ3) is 5.10. The maximum Gasteiger partial charge on any atom is 0.231 e. The highest BCUT2D eigenvalue weighted by Gasteiger charge is 2.41. The molecule has 6 heteroatoms. The van der Waals surface area contributed by atoms with Gasteiger partial charge in [-0.15, -0.1) is 12.4 Å². The third-order valence-corrected chi connectivity index (χ3v) is 4.56. The molecule has 0 saturated carbocycles. The molecule has 1 heterocycles. The number of hydrogen-bond acceptors (Lipinski definition) is 4. The molecular weight excluding hydrogens is 328 g/mol. The van der Waals surface area contributed by atoms with Crippen LogP contribution < -0.4 is 10.1 Å². The number of amides is 1. The summed E-state index contributed by atoms with van der Waals surface area (Å²) < 4.78 is 11.1. The molecule has 136 valence electrons. The highest BCUT2D eigenvalue weighted by Crippen LogP contribution is 2.31. The Morgan fingerprint density at radius 2 is 1.96 bits per heavy atom. The number of halogens is 1. The molecular formula is C18H29ClN2O3. The van der Waals surface area contributed by atoms with Crippen molar-refractivity contribution in [1.82, 2.24) is 10.2 Å². The Hall–Kier alpha value is -1.30. The maximum absolute atomic E-state index is 12.9. The first-order chi connectivity index (χ1) is 11.1. The number of nitrogens with one attached hydrogen (secondary N) is 1. The van der Waals surface area contributed by atoms with Crippen LogP contribution in [0.4, 0.5) is 0 Å². The normalized spacial score (nSPS) is 16.1. The first kappa shape index (κ1) is 20.7. The summed E-state index contributed by atoms with van der Waals surface area (Å²) in [7, 11) is 3.52. The monoisotopic (exact) mass is 356 g/mol. The van der Waals surface area contributed by atoms with Crippen LogP contribution in [-0.2, 0) is 9.53 Å². The summed E-state index contributed by atoms with van der Waals surface area (Å²) in [6, 6.07) is 7.92. The molecule has 1 aliphatic rings. The smallest absolute Gasteiger partial charge is 0.231 e. The van der Waals surface area contributed by atoms with Crippen LogP contribution in [0, 0.1) is 12.3 Å². The van der Waals surface area contributed by atoms with Gasteiger partial charge in [-0.25, -0.2) is 0 Å². The zero-order chi connectivity index (χ0) is 16.7. The van der Waals surface area contributed by atoms with E-state index in [1.807, 2.05) is 38.2 Å². The van der Waals surface area contributed by atoms with E-state index in [9.17, 15) is 4.79 Å². The van der Waals surface area contributed by atoms with Gasteiger partial charge in [0, 0.05) is 14.2 Å². The molecule has 1 aromatic rings. The van der Waals surface area contributed by atoms with Crippen LogP contribution in [0.3, 0.4) is 0 Å². The quantitative estimate of drug-likeness (QED) is 0.814. The molecule has 1 saturated heterocycles. The topological polar surface area (TPSA) is 50.8 Å². The molecule has 24 heavy (non-hydrogen) atoms. The highest BCUT2D eigenvalue weighted by molar-refractivity contribution is 5.85. The minimum Gasteiger partial charge on any atom is -0.491 e. The Morgan fingerprint density at radius 3 is 2.58 bits per heavy atom. The number of piperidine rings is 1. The number of likely N-dealkylation sites (N-methyl/N-ethyl adjacent to an activating group) is 1. The number of carbonyl (C=O) groups is 1. The Labute approximate surface area is 151 Å². The van der Waals surface area contributed by atoms with Gasteiger partial charge in [-0.05, 0) is 44.5 Å². The second kappa shape index (κ2) is 9.87. The fourth-order valence-electron chi connectivity index (χ4n) is 3.12. The Balaban J connectivity index is 0.00000288. The lowest BCUT2D eigenvalue weighted by Gasteiger charge is -2.38. The lowest BCUT2D eigenvalue weighted by Crippen LogP contribution is -2.51. The number of carbonyl (C=O) groups excluding carboxylic acids is 1. The van der Waals surface area contributed by atoms with Gasteiger partial charge in [0.2, 0.25) is 5.91 Å². The second-order valence-electron chi connectivity index (χ2n) is 6.30. The van der Waals surface area contributed by atoms with Gasteiger partial charge in [0.05, 0.1) is 18.6 Å². The van der Waals surface area contributed by atoms with Crippen LogP contribution in [-0.4, -0.2) is 57.8 Å². The van der Waals surface area contributed by atoms with Gasteiger partial charge in [-0.3, -0.25) is 4.79 Å². The molecule has 1 fully saturated rings. The van der Waals surface area contributed by atoms with Gasteiger partial charge in [-0.2, -0.15) is 0 Å². The summed E-state index contributed by atoms with van der Waals surface area (Å²) in [6.45, 7) is 5.30. The predicted molar refractivity (Wildman–Crippen MR) is 98.0 cm³/mol. The van der Waals surface area contributed by atoms with E-state index in [1.165, 1.54) is 0 Å². The molecule has 0 radical (unpaired) electrons. The lowest BCUT2D eigenvalue weighted by molar-refractivity contribution is -0.146. The van der Waals surface area contributed by atoms with Gasteiger partial charge in [0.1, 0.15) is 12.4 Å². The van der Waals surface area contributed by atoms with Crippen molar-refractivity contribution in [2.24, 2.45) is 5.41 Å². The number of aryl methyl sites for hydroxylation is 1. The van der Waals surface area contributed by atoms with Crippen LogP contribution in [0.5, 0.6) is 5.75 Å².